The molecule has 1 saturated heterocycles. The first kappa shape index (κ1) is 12.6. The Bertz CT molecular complexity index is 430. The highest BCUT2D eigenvalue weighted by molar-refractivity contribution is 9.10. The van der Waals surface area contributed by atoms with E-state index in [0.717, 1.165) is 35.0 Å². The molecule has 0 aromatic heterocycles. The van der Waals surface area contributed by atoms with Crippen molar-refractivity contribution < 1.29 is 4.79 Å². The maximum Gasteiger partial charge on any atom is 0.254 e. The molecule has 0 spiro atoms. The number of hydrogen-bond acceptors (Lipinski definition) is 1. The number of rotatable bonds is 1. The molecule has 0 radical (unpaired) electrons. The zero-order valence-corrected chi connectivity index (χ0v) is 12.0. The zero-order valence-electron chi connectivity index (χ0n) is 10.4. The van der Waals surface area contributed by atoms with Gasteiger partial charge in [0.2, 0.25) is 0 Å². The van der Waals surface area contributed by atoms with E-state index in [1.165, 1.54) is 6.42 Å². The Balaban J connectivity index is 2.27. The van der Waals surface area contributed by atoms with Crippen LogP contribution in [0.1, 0.15) is 42.1 Å². The van der Waals surface area contributed by atoms with Crippen molar-refractivity contribution in [1.29, 1.82) is 0 Å². The van der Waals surface area contributed by atoms with Crippen LogP contribution >= 0.6 is 15.9 Å². The van der Waals surface area contributed by atoms with Crippen molar-refractivity contribution in [1.82, 2.24) is 4.90 Å². The lowest BCUT2D eigenvalue weighted by molar-refractivity contribution is 0.0635. The van der Waals surface area contributed by atoms with Crippen molar-refractivity contribution in [2.24, 2.45) is 0 Å². The zero-order chi connectivity index (χ0) is 12.4. The number of carbonyl (C=O) groups excluding carboxylic acids is 1. The molecular formula is C14H18BrNO. The summed E-state index contributed by atoms with van der Waals surface area (Å²) in [7, 11) is 0. The van der Waals surface area contributed by atoms with Crippen molar-refractivity contribution in [3.63, 3.8) is 0 Å². The van der Waals surface area contributed by atoms with Crippen molar-refractivity contribution in [3.05, 3.63) is 33.8 Å². The smallest absolute Gasteiger partial charge is 0.254 e. The van der Waals surface area contributed by atoms with Crippen molar-refractivity contribution >= 4 is 21.8 Å². The number of nitrogens with zero attached hydrogens (tertiary/aromatic N) is 1. The minimum atomic E-state index is 0.177. The van der Waals surface area contributed by atoms with Crippen molar-refractivity contribution in [2.45, 2.75) is 39.2 Å². The molecular weight excluding hydrogens is 278 g/mol. The summed E-state index contributed by atoms with van der Waals surface area (Å²) < 4.78 is 1.01. The highest BCUT2D eigenvalue weighted by atomic mass is 79.9. The first-order valence-electron chi connectivity index (χ1n) is 6.17. The molecule has 1 aromatic carbocycles. The Hall–Kier alpha value is -0.830. The summed E-state index contributed by atoms with van der Waals surface area (Å²) in [5, 5.41) is 0. The summed E-state index contributed by atoms with van der Waals surface area (Å²) in [4.78, 5) is 14.5. The largest absolute Gasteiger partial charge is 0.336 e. The van der Waals surface area contributed by atoms with Gasteiger partial charge in [0.1, 0.15) is 0 Å². The second-order valence-electron chi connectivity index (χ2n) is 4.76. The average molecular weight is 296 g/mol. The average Bonchev–Trinajstić information content (AvgIpc) is 2.32. The molecule has 92 valence electrons. The minimum absolute atomic E-state index is 0.177. The van der Waals surface area contributed by atoms with E-state index in [-0.39, 0.29) is 5.91 Å². The minimum Gasteiger partial charge on any atom is -0.336 e. The first-order valence-corrected chi connectivity index (χ1v) is 6.96. The third-order valence-electron chi connectivity index (χ3n) is 3.56. The molecule has 1 aliphatic rings. The molecule has 0 N–H and O–H groups in total. The maximum absolute atomic E-state index is 12.5. The van der Waals surface area contributed by atoms with Crippen molar-refractivity contribution in [3.8, 4) is 0 Å². The molecule has 0 bridgehead atoms. The predicted molar refractivity (Wildman–Crippen MR) is 73.2 cm³/mol. The summed E-state index contributed by atoms with van der Waals surface area (Å²) >= 11 is 3.48. The number of piperidine rings is 1. The quantitative estimate of drug-likeness (QED) is 0.772. The lowest BCUT2D eigenvalue weighted by Gasteiger charge is -2.33. The van der Waals surface area contributed by atoms with E-state index in [9.17, 15) is 4.79 Å². The molecule has 0 saturated carbocycles. The SMILES string of the molecule is Cc1c(Br)cccc1C(=O)N1CCCCC1C. The highest BCUT2D eigenvalue weighted by Gasteiger charge is 2.25. The Morgan fingerprint density at radius 3 is 2.88 bits per heavy atom. The van der Waals surface area contributed by atoms with E-state index >= 15 is 0 Å². The molecule has 1 heterocycles. The van der Waals surface area contributed by atoms with Gasteiger partial charge in [0.15, 0.2) is 0 Å². The second-order valence-corrected chi connectivity index (χ2v) is 5.61. The second kappa shape index (κ2) is 5.21. The van der Waals surface area contributed by atoms with Crippen LogP contribution < -0.4 is 0 Å². The van der Waals surface area contributed by atoms with Crippen LogP contribution in [-0.4, -0.2) is 23.4 Å². The molecule has 1 aromatic rings. The van der Waals surface area contributed by atoms with Gasteiger partial charge in [0.25, 0.3) is 5.91 Å². The fraction of sp³-hybridized carbons (Fsp3) is 0.500. The normalized spacial score (nSPS) is 20.4. The van der Waals surface area contributed by atoms with Gasteiger partial charge < -0.3 is 4.90 Å². The number of hydrogen-bond donors (Lipinski definition) is 0. The van der Waals surface area contributed by atoms with Gasteiger partial charge in [-0.3, -0.25) is 4.79 Å². The number of benzene rings is 1. The predicted octanol–water partition coefficient (Wildman–Crippen LogP) is 3.77. The van der Waals surface area contributed by atoms with E-state index in [1.807, 2.05) is 30.0 Å². The standard InChI is InChI=1S/C14H18BrNO/c1-10-6-3-4-9-16(10)14(17)12-7-5-8-13(15)11(12)2/h5,7-8,10H,3-4,6,9H2,1-2H3. The van der Waals surface area contributed by atoms with E-state index in [1.54, 1.807) is 0 Å². The van der Waals surface area contributed by atoms with Crippen LogP contribution in [0.15, 0.2) is 22.7 Å². The molecule has 1 unspecified atom stereocenters. The highest BCUT2D eigenvalue weighted by Crippen LogP contribution is 2.24. The fourth-order valence-corrected chi connectivity index (χ4v) is 2.76. The maximum atomic E-state index is 12.5. The van der Waals surface area contributed by atoms with Gasteiger partial charge in [-0.1, -0.05) is 22.0 Å². The number of likely N-dealkylation sites (tertiary alicyclic amines) is 1. The lowest BCUT2D eigenvalue weighted by Crippen LogP contribution is -2.42. The Kier molecular flexibility index (Phi) is 3.87. The Morgan fingerprint density at radius 1 is 1.41 bits per heavy atom. The van der Waals surface area contributed by atoms with Crippen LogP contribution in [-0.2, 0) is 0 Å². The number of halogens is 1. The van der Waals surface area contributed by atoms with Gasteiger partial charge in [0.05, 0.1) is 0 Å². The summed E-state index contributed by atoms with van der Waals surface area (Å²) in [6, 6.07) is 6.20. The summed E-state index contributed by atoms with van der Waals surface area (Å²) in [5.74, 6) is 0.177. The molecule has 0 aliphatic carbocycles. The van der Waals surface area contributed by atoms with Gasteiger partial charge in [-0.05, 0) is 50.8 Å². The third-order valence-corrected chi connectivity index (χ3v) is 4.42. The van der Waals surface area contributed by atoms with Crippen LogP contribution in [0.25, 0.3) is 0 Å². The fourth-order valence-electron chi connectivity index (χ4n) is 2.39. The molecule has 2 nitrogen and oxygen atoms in total. The van der Waals surface area contributed by atoms with Gasteiger partial charge in [-0.25, -0.2) is 0 Å². The summed E-state index contributed by atoms with van der Waals surface area (Å²) in [6.07, 6.45) is 3.49. The van der Waals surface area contributed by atoms with Gasteiger partial charge in [0, 0.05) is 22.6 Å². The first-order chi connectivity index (χ1) is 8.11. The Labute approximate surface area is 111 Å². The molecule has 1 aliphatic heterocycles. The van der Waals surface area contributed by atoms with Crippen LogP contribution in [0, 0.1) is 6.92 Å². The molecule has 1 amide bonds. The van der Waals surface area contributed by atoms with E-state index in [0.29, 0.717) is 6.04 Å². The molecule has 2 rings (SSSR count). The van der Waals surface area contributed by atoms with Gasteiger partial charge in [-0.15, -0.1) is 0 Å². The summed E-state index contributed by atoms with van der Waals surface area (Å²) in [6.45, 7) is 5.03. The van der Waals surface area contributed by atoms with Crippen LogP contribution in [0.3, 0.4) is 0 Å². The number of carbonyl (C=O) groups is 1. The summed E-state index contributed by atoms with van der Waals surface area (Å²) in [5.41, 5.74) is 1.86. The topological polar surface area (TPSA) is 20.3 Å². The van der Waals surface area contributed by atoms with E-state index in [2.05, 4.69) is 22.9 Å². The van der Waals surface area contributed by atoms with Crippen LogP contribution in [0.4, 0.5) is 0 Å². The molecule has 1 atom stereocenters. The van der Waals surface area contributed by atoms with Gasteiger partial charge in [-0.2, -0.15) is 0 Å². The van der Waals surface area contributed by atoms with Crippen LogP contribution in [0.2, 0.25) is 0 Å². The Morgan fingerprint density at radius 2 is 2.18 bits per heavy atom. The van der Waals surface area contributed by atoms with E-state index < -0.39 is 0 Å². The monoisotopic (exact) mass is 295 g/mol. The molecule has 3 heteroatoms. The molecule has 1 fully saturated rings. The third kappa shape index (κ3) is 2.54. The van der Waals surface area contributed by atoms with Crippen LogP contribution in [0.5, 0.6) is 0 Å². The lowest BCUT2D eigenvalue weighted by atomic mass is 10.0. The van der Waals surface area contributed by atoms with Crippen molar-refractivity contribution in [2.75, 3.05) is 6.54 Å². The van der Waals surface area contributed by atoms with E-state index in [4.69, 9.17) is 0 Å². The number of amides is 1. The van der Waals surface area contributed by atoms with Gasteiger partial charge >= 0.3 is 0 Å². The molecule has 17 heavy (non-hydrogen) atoms.